The highest BCUT2D eigenvalue weighted by atomic mass is 16.5. The lowest BCUT2D eigenvalue weighted by atomic mass is 9.99. The number of anilines is 3. The molecule has 34 heavy (non-hydrogen) atoms. The quantitative estimate of drug-likeness (QED) is 0.684. The summed E-state index contributed by atoms with van der Waals surface area (Å²) in [5.41, 5.74) is 8.31. The van der Waals surface area contributed by atoms with Gasteiger partial charge in [0.05, 0.1) is 24.4 Å². The molecule has 3 N–H and O–H groups in total. The molecule has 0 spiro atoms. The molecule has 5 heterocycles. The molecule has 5 rings (SSSR count). The first-order chi connectivity index (χ1) is 16.3. The van der Waals surface area contributed by atoms with E-state index in [4.69, 9.17) is 20.4 Å². The molecule has 3 aliphatic heterocycles. The van der Waals surface area contributed by atoms with Crippen molar-refractivity contribution in [2.45, 2.75) is 45.2 Å². The Morgan fingerprint density at radius 3 is 2.59 bits per heavy atom. The Bertz CT molecular complexity index is 1060. The third-order valence-corrected chi connectivity index (χ3v) is 6.86. The second kappa shape index (κ2) is 8.86. The SMILES string of the molecule is CC(C)NC(=O)N1CC[C@](C)(N2CCc3c(-c4cnc(N)nc4)nc(N4CCOCC4)nc32)C1. The Labute approximate surface area is 199 Å². The van der Waals surface area contributed by atoms with Crippen molar-refractivity contribution < 1.29 is 9.53 Å². The van der Waals surface area contributed by atoms with Gasteiger partial charge in [0.15, 0.2) is 0 Å². The number of carbonyl (C=O) groups is 1. The summed E-state index contributed by atoms with van der Waals surface area (Å²) in [7, 11) is 0. The van der Waals surface area contributed by atoms with Crippen LogP contribution >= 0.6 is 0 Å². The molecule has 182 valence electrons. The van der Waals surface area contributed by atoms with Crippen LogP contribution in [0.25, 0.3) is 11.3 Å². The minimum absolute atomic E-state index is 0.00505. The number of fused-ring (bicyclic) bond motifs is 1. The maximum absolute atomic E-state index is 12.7. The summed E-state index contributed by atoms with van der Waals surface area (Å²) in [6.45, 7) is 11.2. The Kier molecular flexibility index (Phi) is 5.88. The third-order valence-electron chi connectivity index (χ3n) is 6.86. The molecular formula is C23H33N9O2. The van der Waals surface area contributed by atoms with Gasteiger partial charge < -0.3 is 30.5 Å². The van der Waals surface area contributed by atoms with Gasteiger partial charge in [-0.15, -0.1) is 0 Å². The highest BCUT2D eigenvalue weighted by Gasteiger charge is 2.44. The molecule has 11 nitrogen and oxygen atoms in total. The lowest BCUT2D eigenvalue weighted by Crippen LogP contribution is -2.50. The fourth-order valence-corrected chi connectivity index (χ4v) is 5.05. The van der Waals surface area contributed by atoms with Crippen LogP contribution < -0.4 is 20.9 Å². The molecule has 2 aromatic rings. The van der Waals surface area contributed by atoms with Crippen molar-refractivity contribution in [1.82, 2.24) is 30.2 Å². The molecule has 0 aliphatic carbocycles. The Hall–Kier alpha value is -3.21. The number of aromatic nitrogens is 4. The van der Waals surface area contributed by atoms with Gasteiger partial charge >= 0.3 is 6.03 Å². The number of likely N-dealkylation sites (tertiary alicyclic amines) is 1. The summed E-state index contributed by atoms with van der Waals surface area (Å²) >= 11 is 0. The molecule has 2 saturated heterocycles. The van der Waals surface area contributed by atoms with Gasteiger partial charge in [-0.05, 0) is 33.6 Å². The number of rotatable bonds is 4. The van der Waals surface area contributed by atoms with Crippen molar-refractivity contribution in [3.63, 3.8) is 0 Å². The van der Waals surface area contributed by atoms with E-state index in [1.807, 2.05) is 18.7 Å². The van der Waals surface area contributed by atoms with Gasteiger partial charge in [-0.3, -0.25) is 0 Å². The van der Waals surface area contributed by atoms with Crippen LogP contribution in [0.5, 0.6) is 0 Å². The zero-order valence-corrected chi connectivity index (χ0v) is 20.1. The smallest absolute Gasteiger partial charge is 0.317 e. The molecule has 2 aromatic heterocycles. The number of nitrogens with two attached hydrogens (primary N) is 1. The van der Waals surface area contributed by atoms with E-state index in [2.05, 4.69) is 32.0 Å². The Morgan fingerprint density at radius 1 is 1.15 bits per heavy atom. The summed E-state index contributed by atoms with van der Waals surface area (Å²) in [6, 6.07) is 0.106. The van der Waals surface area contributed by atoms with E-state index in [1.165, 1.54) is 0 Å². The number of nitrogens with zero attached hydrogens (tertiary/aromatic N) is 7. The van der Waals surface area contributed by atoms with Crippen LogP contribution in [0.3, 0.4) is 0 Å². The number of nitrogen functional groups attached to an aromatic ring is 1. The van der Waals surface area contributed by atoms with Crippen LogP contribution in [-0.2, 0) is 11.2 Å². The van der Waals surface area contributed by atoms with E-state index in [0.717, 1.165) is 61.7 Å². The van der Waals surface area contributed by atoms with Crippen LogP contribution in [0.2, 0.25) is 0 Å². The zero-order chi connectivity index (χ0) is 23.9. The maximum Gasteiger partial charge on any atom is 0.317 e. The highest BCUT2D eigenvalue weighted by Crippen LogP contribution is 2.41. The lowest BCUT2D eigenvalue weighted by Gasteiger charge is -2.37. The lowest BCUT2D eigenvalue weighted by molar-refractivity contribution is 0.122. The normalized spacial score (nSPS) is 22.4. The van der Waals surface area contributed by atoms with Crippen molar-refractivity contribution in [3.05, 3.63) is 18.0 Å². The van der Waals surface area contributed by atoms with Crippen LogP contribution in [0.4, 0.5) is 22.5 Å². The number of morpholine rings is 1. The summed E-state index contributed by atoms with van der Waals surface area (Å²) < 4.78 is 5.54. The van der Waals surface area contributed by atoms with Crippen molar-refractivity contribution in [1.29, 1.82) is 0 Å². The first-order valence-electron chi connectivity index (χ1n) is 12.0. The predicted molar refractivity (Wildman–Crippen MR) is 130 cm³/mol. The molecule has 0 unspecified atom stereocenters. The molecule has 0 radical (unpaired) electrons. The van der Waals surface area contributed by atoms with Crippen LogP contribution in [-0.4, -0.2) is 88.4 Å². The summed E-state index contributed by atoms with van der Waals surface area (Å²) in [5, 5.41) is 3.02. The average molecular weight is 468 g/mol. The van der Waals surface area contributed by atoms with Crippen molar-refractivity contribution >= 4 is 23.7 Å². The standard InChI is InChI=1S/C23H33N9O2/c1-15(2)27-22(33)31-7-5-23(3,14-31)32-6-4-17-18(16-12-25-20(24)26-13-16)28-21(29-19(17)32)30-8-10-34-11-9-30/h12-13,15H,4-11,14H2,1-3H3,(H,27,33)(H2,24,25,26)/t23-/m0/s1. The number of hydrogen-bond donors (Lipinski definition) is 2. The summed E-state index contributed by atoms with van der Waals surface area (Å²) in [4.78, 5) is 37.5. The van der Waals surface area contributed by atoms with E-state index < -0.39 is 0 Å². The largest absolute Gasteiger partial charge is 0.378 e. The number of urea groups is 1. The number of hydrogen-bond acceptors (Lipinski definition) is 9. The van der Waals surface area contributed by atoms with E-state index in [0.29, 0.717) is 25.7 Å². The molecular weight excluding hydrogens is 434 g/mol. The van der Waals surface area contributed by atoms with E-state index >= 15 is 0 Å². The molecule has 0 saturated carbocycles. The molecule has 2 fully saturated rings. The zero-order valence-electron chi connectivity index (χ0n) is 20.1. The van der Waals surface area contributed by atoms with Crippen molar-refractivity contribution in [3.8, 4) is 11.3 Å². The topological polar surface area (TPSA) is 126 Å². The fraction of sp³-hybridized carbons (Fsp3) is 0.609. The Morgan fingerprint density at radius 2 is 1.88 bits per heavy atom. The molecule has 0 aromatic carbocycles. The fourth-order valence-electron chi connectivity index (χ4n) is 5.05. The predicted octanol–water partition coefficient (Wildman–Crippen LogP) is 1.30. The number of amides is 2. The highest BCUT2D eigenvalue weighted by molar-refractivity contribution is 5.76. The second-order valence-electron chi connectivity index (χ2n) is 9.78. The van der Waals surface area contributed by atoms with Gasteiger partial charge in [0.25, 0.3) is 0 Å². The van der Waals surface area contributed by atoms with Crippen LogP contribution in [0, 0.1) is 0 Å². The summed E-state index contributed by atoms with van der Waals surface area (Å²) in [5.74, 6) is 1.87. The van der Waals surface area contributed by atoms with Crippen molar-refractivity contribution in [2.24, 2.45) is 0 Å². The first-order valence-corrected chi connectivity index (χ1v) is 12.0. The summed E-state index contributed by atoms with van der Waals surface area (Å²) in [6.07, 6.45) is 5.17. The van der Waals surface area contributed by atoms with Gasteiger partial charge in [-0.25, -0.2) is 19.7 Å². The average Bonchev–Trinajstić information content (AvgIpc) is 3.44. The van der Waals surface area contributed by atoms with Gasteiger partial charge in [-0.2, -0.15) is 4.98 Å². The van der Waals surface area contributed by atoms with Crippen LogP contribution in [0.15, 0.2) is 12.4 Å². The van der Waals surface area contributed by atoms with Gasteiger partial charge in [0.2, 0.25) is 11.9 Å². The molecule has 1 atom stereocenters. The van der Waals surface area contributed by atoms with Gasteiger partial charge in [-0.1, -0.05) is 0 Å². The van der Waals surface area contributed by atoms with Gasteiger partial charge in [0, 0.05) is 62.3 Å². The van der Waals surface area contributed by atoms with E-state index in [1.54, 1.807) is 12.4 Å². The Balaban J connectivity index is 1.51. The van der Waals surface area contributed by atoms with E-state index in [-0.39, 0.29) is 23.6 Å². The molecule has 0 bridgehead atoms. The molecule has 11 heteroatoms. The number of ether oxygens (including phenoxy) is 1. The maximum atomic E-state index is 12.7. The second-order valence-corrected chi connectivity index (χ2v) is 9.78. The van der Waals surface area contributed by atoms with E-state index in [9.17, 15) is 4.79 Å². The number of carbonyl (C=O) groups excluding carboxylic acids is 1. The molecule has 3 aliphatic rings. The first kappa shape index (κ1) is 22.6. The minimum atomic E-state index is -0.203. The van der Waals surface area contributed by atoms with Crippen LogP contribution in [0.1, 0.15) is 32.8 Å². The molecule has 2 amide bonds. The van der Waals surface area contributed by atoms with Crippen molar-refractivity contribution in [2.75, 3.05) is 61.5 Å². The minimum Gasteiger partial charge on any atom is -0.378 e. The monoisotopic (exact) mass is 467 g/mol. The third kappa shape index (κ3) is 4.20. The number of nitrogens with one attached hydrogen (secondary N) is 1. The van der Waals surface area contributed by atoms with Gasteiger partial charge in [0.1, 0.15) is 5.82 Å².